The first kappa shape index (κ1) is 20.5. The molecule has 0 saturated heterocycles. The summed E-state index contributed by atoms with van der Waals surface area (Å²) in [5.41, 5.74) is 4.06. The second-order valence-electron chi connectivity index (χ2n) is 6.61. The quantitative estimate of drug-likeness (QED) is 0.772. The summed E-state index contributed by atoms with van der Waals surface area (Å²) in [5, 5.41) is 2.94. The molecule has 2 rings (SSSR count). The summed E-state index contributed by atoms with van der Waals surface area (Å²) in [4.78, 5) is 26.0. The molecule has 5 heteroatoms. The van der Waals surface area contributed by atoms with Crippen molar-refractivity contribution in [2.75, 3.05) is 25.5 Å². The Kier molecular flexibility index (Phi) is 7.41. The van der Waals surface area contributed by atoms with Gasteiger partial charge in [0.1, 0.15) is 5.75 Å². The van der Waals surface area contributed by atoms with Crippen LogP contribution >= 0.6 is 0 Å². The van der Waals surface area contributed by atoms with Gasteiger partial charge in [-0.2, -0.15) is 0 Å². The molecule has 2 aromatic carbocycles. The summed E-state index contributed by atoms with van der Waals surface area (Å²) < 4.78 is 5.36. The van der Waals surface area contributed by atoms with Crippen LogP contribution in [0, 0.1) is 13.8 Å². The number of methoxy groups -OCH3 is 1. The number of anilines is 1. The van der Waals surface area contributed by atoms with Crippen LogP contribution in [-0.2, 0) is 16.0 Å². The summed E-state index contributed by atoms with van der Waals surface area (Å²) in [5.74, 6) is 0.686. The fourth-order valence-electron chi connectivity index (χ4n) is 2.93. The lowest BCUT2D eigenvalue weighted by molar-refractivity contribution is -0.129. The molecular formula is C22H28N2O3. The highest BCUT2D eigenvalue weighted by Crippen LogP contribution is 2.19. The molecule has 0 radical (unpaired) electrons. The van der Waals surface area contributed by atoms with E-state index in [-0.39, 0.29) is 18.2 Å². The number of aryl methyl sites for hydroxylation is 1. The predicted molar refractivity (Wildman–Crippen MR) is 108 cm³/mol. The predicted octanol–water partition coefficient (Wildman–Crippen LogP) is 3.73. The molecule has 0 unspecified atom stereocenters. The van der Waals surface area contributed by atoms with Crippen molar-refractivity contribution in [2.24, 2.45) is 0 Å². The smallest absolute Gasteiger partial charge is 0.226 e. The minimum atomic E-state index is -0.0905. The van der Waals surface area contributed by atoms with Crippen molar-refractivity contribution in [3.63, 3.8) is 0 Å². The van der Waals surface area contributed by atoms with Gasteiger partial charge < -0.3 is 15.0 Å². The maximum atomic E-state index is 12.3. The van der Waals surface area contributed by atoms with Crippen LogP contribution in [0.5, 0.6) is 5.75 Å². The zero-order valence-corrected chi connectivity index (χ0v) is 16.5. The van der Waals surface area contributed by atoms with E-state index < -0.39 is 0 Å². The lowest BCUT2D eigenvalue weighted by atomic mass is 10.1. The van der Waals surface area contributed by atoms with Gasteiger partial charge in [0.05, 0.1) is 7.11 Å². The third-order valence-electron chi connectivity index (χ3n) is 4.78. The second-order valence-corrected chi connectivity index (χ2v) is 6.61. The molecule has 5 nitrogen and oxygen atoms in total. The van der Waals surface area contributed by atoms with E-state index in [4.69, 9.17) is 4.74 Å². The first-order chi connectivity index (χ1) is 12.9. The highest BCUT2D eigenvalue weighted by molar-refractivity contribution is 5.92. The van der Waals surface area contributed by atoms with Crippen LogP contribution in [0.1, 0.15) is 30.0 Å². The topological polar surface area (TPSA) is 58.6 Å². The van der Waals surface area contributed by atoms with Crippen LogP contribution in [0.4, 0.5) is 5.69 Å². The van der Waals surface area contributed by atoms with Crippen LogP contribution in [0.15, 0.2) is 42.5 Å². The van der Waals surface area contributed by atoms with E-state index in [0.29, 0.717) is 19.5 Å². The van der Waals surface area contributed by atoms with Gasteiger partial charge in [0.25, 0.3) is 0 Å². The highest BCUT2D eigenvalue weighted by Gasteiger charge is 2.13. The summed E-state index contributed by atoms with van der Waals surface area (Å²) in [7, 11) is 1.64. The van der Waals surface area contributed by atoms with Crippen LogP contribution in [0.2, 0.25) is 0 Å². The molecule has 1 N–H and O–H groups in total. The van der Waals surface area contributed by atoms with Gasteiger partial charge in [-0.05, 0) is 49.1 Å². The van der Waals surface area contributed by atoms with E-state index in [2.05, 4.69) is 5.32 Å². The first-order valence-electron chi connectivity index (χ1n) is 9.16. The standard InChI is InChI=1S/C22H28N2O3/c1-16-8-7-10-20(17(16)2)23-22(26)13-15-24(18(3)25)14-12-19-9-5-6-11-21(19)27-4/h5-11H,12-15H2,1-4H3,(H,23,26). The van der Waals surface area contributed by atoms with E-state index in [1.54, 1.807) is 12.0 Å². The largest absolute Gasteiger partial charge is 0.496 e. The van der Waals surface area contributed by atoms with Crippen LogP contribution in [0.3, 0.4) is 0 Å². The van der Waals surface area contributed by atoms with Gasteiger partial charge in [-0.15, -0.1) is 0 Å². The Morgan fingerprint density at radius 1 is 1.04 bits per heavy atom. The Morgan fingerprint density at radius 3 is 2.48 bits per heavy atom. The Labute approximate surface area is 161 Å². The average molecular weight is 368 g/mol. The molecule has 0 aliphatic heterocycles. The molecule has 0 spiro atoms. The lowest BCUT2D eigenvalue weighted by Crippen LogP contribution is -2.33. The molecule has 0 fully saturated rings. The SMILES string of the molecule is COc1ccccc1CCN(CCC(=O)Nc1cccc(C)c1C)C(C)=O. The maximum Gasteiger partial charge on any atom is 0.226 e. The number of para-hydroxylation sites is 1. The number of nitrogens with one attached hydrogen (secondary N) is 1. The van der Waals surface area contributed by atoms with Crippen molar-refractivity contribution in [2.45, 2.75) is 33.6 Å². The second kappa shape index (κ2) is 9.76. The van der Waals surface area contributed by atoms with Gasteiger partial charge in [0.2, 0.25) is 11.8 Å². The van der Waals surface area contributed by atoms with Crippen molar-refractivity contribution in [1.82, 2.24) is 4.90 Å². The molecule has 0 aliphatic rings. The number of rotatable bonds is 8. The molecule has 2 amide bonds. The molecule has 0 aromatic heterocycles. The van der Waals surface area contributed by atoms with Gasteiger partial charge in [-0.25, -0.2) is 0 Å². The van der Waals surface area contributed by atoms with E-state index in [1.807, 2.05) is 56.3 Å². The van der Waals surface area contributed by atoms with E-state index in [0.717, 1.165) is 28.1 Å². The van der Waals surface area contributed by atoms with Crippen molar-refractivity contribution in [3.8, 4) is 5.75 Å². The fourth-order valence-corrected chi connectivity index (χ4v) is 2.93. The molecular weight excluding hydrogens is 340 g/mol. The minimum Gasteiger partial charge on any atom is -0.496 e. The molecule has 0 atom stereocenters. The number of benzene rings is 2. The normalized spacial score (nSPS) is 10.4. The Hall–Kier alpha value is -2.82. The van der Waals surface area contributed by atoms with Crippen LogP contribution in [-0.4, -0.2) is 36.9 Å². The number of hydrogen-bond acceptors (Lipinski definition) is 3. The van der Waals surface area contributed by atoms with E-state index in [9.17, 15) is 9.59 Å². The number of ether oxygens (including phenoxy) is 1. The third kappa shape index (κ3) is 5.84. The van der Waals surface area contributed by atoms with Gasteiger partial charge in [0, 0.05) is 32.1 Å². The van der Waals surface area contributed by atoms with Gasteiger partial charge in [-0.3, -0.25) is 9.59 Å². The molecule has 144 valence electrons. The maximum absolute atomic E-state index is 12.3. The molecule has 2 aromatic rings. The summed E-state index contributed by atoms with van der Waals surface area (Å²) >= 11 is 0. The number of carbonyl (C=O) groups is 2. The summed E-state index contributed by atoms with van der Waals surface area (Å²) in [6, 6.07) is 13.6. The van der Waals surface area contributed by atoms with Crippen molar-refractivity contribution in [3.05, 3.63) is 59.2 Å². The number of carbonyl (C=O) groups excluding carboxylic acids is 2. The van der Waals surface area contributed by atoms with Crippen LogP contribution in [0.25, 0.3) is 0 Å². The van der Waals surface area contributed by atoms with Gasteiger partial charge in [-0.1, -0.05) is 30.3 Å². The Morgan fingerprint density at radius 2 is 1.78 bits per heavy atom. The first-order valence-corrected chi connectivity index (χ1v) is 9.16. The molecule has 0 bridgehead atoms. The molecule has 27 heavy (non-hydrogen) atoms. The average Bonchev–Trinajstić information content (AvgIpc) is 2.65. The fraction of sp³-hybridized carbons (Fsp3) is 0.364. The monoisotopic (exact) mass is 368 g/mol. The number of hydrogen-bond donors (Lipinski definition) is 1. The Bertz CT molecular complexity index is 802. The summed E-state index contributed by atoms with van der Waals surface area (Å²) in [6.07, 6.45) is 0.946. The zero-order valence-electron chi connectivity index (χ0n) is 16.5. The van der Waals surface area contributed by atoms with Crippen molar-refractivity contribution < 1.29 is 14.3 Å². The van der Waals surface area contributed by atoms with Crippen LogP contribution < -0.4 is 10.1 Å². The number of nitrogens with zero attached hydrogens (tertiary/aromatic N) is 1. The lowest BCUT2D eigenvalue weighted by Gasteiger charge is -2.21. The summed E-state index contributed by atoms with van der Waals surface area (Å²) in [6.45, 7) is 6.47. The van der Waals surface area contributed by atoms with Crippen molar-refractivity contribution in [1.29, 1.82) is 0 Å². The van der Waals surface area contributed by atoms with E-state index >= 15 is 0 Å². The molecule has 0 saturated carbocycles. The highest BCUT2D eigenvalue weighted by atomic mass is 16.5. The number of amides is 2. The molecule has 0 aliphatic carbocycles. The minimum absolute atomic E-state index is 0.0376. The van der Waals surface area contributed by atoms with Gasteiger partial charge >= 0.3 is 0 Å². The third-order valence-corrected chi connectivity index (χ3v) is 4.78. The zero-order chi connectivity index (χ0) is 19.8. The molecule has 0 heterocycles. The van der Waals surface area contributed by atoms with E-state index in [1.165, 1.54) is 6.92 Å². The van der Waals surface area contributed by atoms with Gasteiger partial charge in [0.15, 0.2) is 0 Å². The Balaban J connectivity index is 1.91. The van der Waals surface area contributed by atoms with Crippen molar-refractivity contribution >= 4 is 17.5 Å².